The maximum atomic E-state index is 12.4. The first-order valence-corrected chi connectivity index (χ1v) is 12.4. The maximum Gasteiger partial charge on any atom is 0.225 e. The molecule has 4 rings (SSSR count). The van der Waals surface area contributed by atoms with Gasteiger partial charge in [0.25, 0.3) is 0 Å². The number of carbonyl (C=O) groups is 1. The van der Waals surface area contributed by atoms with Crippen molar-refractivity contribution in [3.63, 3.8) is 0 Å². The lowest BCUT2D eigenvalue weighted by molar-refractivity contribution is -0.134. The summed E-state index contributed by atoms with van der Waals surface area (Å²) in [5.74, 6) is -0.00935. The van der Waals surface area contributed by atoms with Crippen molar-refractivity contribution in [3.05, 3.63) is 0 Å². The average Bonchev–Trinajstić information content (AvgIpc) is 3.19. The van der Waals surface area contributed by atoms with Crippen molar-refractivity contribution in [2.24, 2.45) is 0 Å². The standard InChI is InChI=1S/C19H32N2O6S/c22-17(21-6-8-28(24,25)9-7-21)11-14-10-15-19(26-14)18(23)16(27-15)12-20-13-4-2-1-3-5-13/h13-16,18-20,23H,1-12H2/t14-,15+,16+,18+,19-/m0/s1. The predicted molar refractivity (Wildman–Crippen MR) is 103 cm³/mol. The van der Waals surface area contributed by atoms with Crippen LogP contribution in [0, 0.1) is 0 Å². The molecule has 0 aromatic rings. The largest absolute Gasteiger partial charge is 0.388 e. The summed E-state index contributed by atoms with van der Waals surface area (Å²) in [6.07, 6.45) is 5.26. The quantitative estimate of drug-likeness (QED) is 0.642. The van der Waals surface area contributed by atoms with E-state index in [1.165, 1.54) is 32.1 Å². The number of rotatable bonds is 5. The van der Waals surface area contributed by atoms with Crippen LogP contribution in [-0.2, 0) is 24.1 Å². The Morgan fingerprint density at radius 2 is 1.82 bits per heavy atom. The second-order valence-electron chi connectivity index (χ2n) is 8.64. The van der Waals surface area contributed by atoms with Crippen LogP contribution in [0.25, 0.3) is 0 Å². The topological polar surface area (TPSA) is 105 Å². The van der Waals surface area contributed by atoms with Crippen molar-refractivity contribution in [2.45, 2.75) is 81.5 Å². The SMILES string of the molecule is O=C(C[C@@H]1C[C@H]2O[C@H](CNC3CCCCC3)[C@@H](O)[C@H]2O1)N1CCS(=O)(=O)CC1. The number of sulfone groups is 1. The molecule has 8 nitrogen and oxygen atoms in total. The molecule has 1 saturated carbocycles. The highest BCUT2D eigenvalue weighted by molar-refractivity contribution is 7.91. The number of carbonyl (C=O) groups excluding carboxylic acids is 1. The Kier molecular flexibility index (Phi) is 6.27. The lowest BCUT2D eigenvalue weighted by Gasteiger charge is -2.28. The normalized spacial score (nSPS) is 38.5. The van der Waals surface area contributed by atoms with E-state index in [2.05, 4.69) is 5.32 Å². The minimum Gasteiger partial charge on any atom is -0.388 e. The molecule has 0 aromatic heterocycles. The van der Waals surface area contributed by atoms with Crippen LogP contribution in [0.15, 0.2) is 0 Å². The summed E-state index contributed by atoms with van der Waals surface area (Å²) in [6, 6.07) is 0.518. The number of aliphatic hydroxyl groups is 1. The Labute approximate surface area is 166 Å². The first-order valence-electron chi connectivity index (χ1n) is 10.6. The molecule has 3 saturated heterocycles. The smallest absolute Gasteiger partial charge is 0.225 e. The molecule has 5 atom stereocenters. The molecule has 160 valence electrons. The van der Waals surface area contributed by atoms with Crippen molar-refractivity contribution < 1.29 is 27.8 Å². The highest BCUT2D eigenvalue weighted by Gasteiger charge is 2.50. The van der Waals surface area contributed by atoms with Crippen molar-refractivity contribution in [3.8, 4) is 0 Å². The third kappa shape index (κ3) is 4.70. The summed E-state index contributed by atoms with van der Waals surface area (Å²) in [7, 11) is -3.00. The third-order valence-electron chi connectivity index (χ3n) is 6.59. The molecular formula is C19H32N2O6S. The predicted octanol–water partition coefficient (Wildman–Crippen LogP) is -0.158. The molecule has 0 bridgehead atoms. The fourth-order valence-electron chi connectivity index (χ4n) is 4.88. The zero-order chi connectivity index (χ0) is 19.7. The Hall–Kier alpha value is -0.740. The second kappa shape index (κ2) is 8.55. The van der Waals surface area contributed by atoms with Crippen LogP contribution in [0.2, 0.25) is 0 Å². The first-order chi connectivity index (χ1) is 13.4. The van der Waals surface area contributed by atoms with Gasteiger partial charge in [-0.1, -0.05) is 19.3 Å². The molecule has 3 aliphatic heterocycles. The highest BCUT2D eigenvalue weighted by Crippen LogP contribution is 2.35. The van der Waals surface area contributed by atoms with Crippen LogP contribution in [0.1, 0.15) is 44.9 Å². The molecule has 4 fully saturated rings. The van der Waals surface area contributed by atoms with E-state index in [0.29, 0.717) is 19.0 Å². The van der Waals surface area contributed by atoms with E-state index in [1.54, 1.807) is 4.90 Å². The molecule has 1 amide bonds. The number of hydrogen-bond donors (Lipinski definition) is 2. The summed E-state index contributed by atoms with van der Waals surface area (Å²) in [5.41, 5.74) is 0. The van der Waals surface area contributed by atoms with Crippen molar-refractivity contribution in [2.75, 3.05) is 31.1 Å². The Balaban J connectivity index is 1.21. The fourth-order valence-corrected chi connectivity index (χ4v) is 6.09. The van der Waals surface area contributed by atoms with Gasteiger partial charge in [0.2, 0.25) is 5.91 Å². The van der Waals surface area contributed by atoms with Crippen molar-refractivity contribution >= 4 is 15.7 Å². The summed E-state index contributed by atoms with van der Waals surface area (Å²) < 4.78 is 35.0. The highest BCUT2D eigenvalue weighted by atomic mass is 32.2. The molecule has 0 radical (unpaired) electrons. The number of nitrogens with one attached hydrogen (secondary N) is 1. The van der Waals surface area contributed by atoms with E-state index in [1.807, 2.05) is 0 Å². The van der Waals surface area contributed by atoms with Gasteiger partial charge in [0.05, 0.1) is 36.2 Å². The van der Waals surface area contributed by atoms with Gasteiger partial charge in [0, 0.05) is 32.1 Å². The second-order valence-corrected chi connectivity index (χ2v) is 10.9. The van der Waals surface area contributed by atoms with Gasteiger partial charge in [-0.3, -0.25) is 4.79 Å². The third-order valence-corrected chi connectivity index (χ3v) is 8.20. The Morgan fingerprint density at radius 1 is 1.11 bits per heavy atom. The molecule has 0 aromatic carbocycles. The Morgan fingerprint density at radius 3 is 2.50 bits per heavy atom. The van der Waals surface area contributed by atoms with E-state index < -0.39 is 15.9 Å². The van der Waals surface area contributed by atoms with E-state index in [-0.39, 0.29) is 61.3 Å². The fraction of sp³-hybridized carbons (Fsp3) is 0.947. The molecule has 2 N–H and O–H groups in total. The number of nitrogens with zero attached hydrogens (tertiary/aromatic N) is 1. The van der Waals surface area contributed by atoms with Crippen LogP contribution < -0.4 is 5.32 Å². The molecule has 0 spiro atoms. The minimum absolute atomic E-state index is 0.0347. The van der Waals surface area contributed by atoms with Crippen LogP contribution in [0.4, 0.5) is 0 Å². The monoisotopic (exact) mass is 416 g/mol. The number of ether oxygens (including phenoxy) is 2. The van der Waals surface area contributed by atoms with Gasteiger partial charge in [0.1, 0.15) is 12.2 Å². The lowest BCUT2D eigenvalue weighted by Crippen LogP contribution is -2.45. The molecule has 3 heterocycles. The van der Waals surface area contributed by atoms with Gasteiger partial charge in [-0.15, -0.1) is 0 Å². The van der Waals surface area contributed by atoms with E-state index >= 15 is 0 Å². The summed E-state index contributed by atoms with van der Waals surface area (Å²) in [6.45, 7) is 1.15. The average molecular weight is 417 g/mol. The molecular weight excluding hydrogens is 384 g/mol. The van der Waals surface area contributed by atoms with Gasteiger partial charge < -0.3 is 24.8 Å². The van der Waals surface area contributed by atoms with Crippen molar-refractivity contribution in [1.82, 2.24) is 10.2 Å². The van der Waals surface area contributed by atoms with Gasteiger partial charge in [-0.25, -0.2) is 8.42 Å². The van der Waals surface area contributed by atoms with E-state index in [4.69, 9.17) is 9.47 Å². The molecule has 1 aliphatic carbocycles. The lowest BCUT2D eigenvalue weighted by atomic mass is 9.95. The van der Waals surface area contributed by atoms with Gasteiger partial charge in [-0.05, 0) is 12.8 Å². The maximum absolute atomic E-state index is 12.4. The van der Waals surface area contributed by atoms with E-state index in [0.717, 1.165) is 0 Å². The first kappa shape index (κ1) is 20.5. The van der Waals surface area contributed by atoms with Crippen molar-refractivity contribution in [1.29, 1.82) is 0 Å². The molecule has 28 heavy (non-hydrogen) atoms. The van der Waals surface area contributed by atoms with Crippen LogP contribution >= 0.6 is 0 Å². The van der Waals surface area contributed by atoms with E-state index in [9.17, 15) is 18.3 Å². The van der Waals surface area contributed by atoms with Crippen LogP contribution in [0.5, 0.6) is 0 Å². The summed E-state index contributed by atoms with van der Waals surface area (Å²) >= 11 is 0. The summed E-state index contributed by atoms with van der Waals surface area (Å²) in [5, 5.41) is 14.1. The molecule has 9 heteroatoms. The van der Waals surface area contributed by atoms with Crippen LogP contribution in [-0.4, -0.2) is 92.0 Å². The number of amides is 1. The van der Waals surface area contributed by atoms with Crippen LogP contribution in [0.3, 0.4) is 0 Å². The Bertz CT molecular complexity index is 651. The summed E-state index contributed by atoms with van der Waals surface area (Å²) in [4.78, 5) is 14.0. The zero-order valence-corrected chi connectivity index (χ0v) is 17.1. The van der Waals surface area contributed by atoms with Gasteiger partial charge in [0.15, 0.2) is 9.84 Å². The molecule has 4 aliphatic rings. The van der Waals surface area contributed by atoms with Gasteiger partial charge >= 0.3 is 0 Å². The number of aliphatic hydroxyl groups excluding tert-OH is 1. The minimum atomic E-state index is -3.00. The molecule has 0 unspecified atom stereocenters. The number of fused-ring (bicyclic) bond motifs is 1. The zero-order valence-electron chi connectivity index (χ0n) is 16.3. The number of hydrogen-bond acceptors (Lipinski definition) is 7. The van der Waals surface area contributed by atoms with Gasteiger partial charge in [-0.2, -0.15) is 0 Å².